The van der Waals surface area contributed by atoms with Crippen molar-refractivity contribution < 1.29 is 121 Å². The summed E-state index contributed by atoms with van der Waals surface area (Å²) in [4.78, 5) is 107. The molecule has 3 rings (SSSR count). The molecular formula is C81H133NO25. The fourth-order valence-electron chi connectivity index (χ4n) is 7.37. The van der Waals surface area contributed by atoms with Crippen LogP contribution in [0.3, 0.4) is 0 Å². The van der Waals surface area contributed by atoms with Crippen LogP contribution in [0.25, 0.3) is 0 Å². The van der Waals surface area contributed by atoms with Crippen LogP contribution in [0.2, 0.25) is 0 Å². The van der Waals surface area contributed by atoms with Gasteiger partial charge < -0.3 is 78.2 Å². The summed E-state index contributed by atoms with van der Waals surface area (Å²) in [5.74, 6) is -4.26. The first-order valence-corrected chi connectivity index (χ1v) is 37.0. The first-order valence-electron chi connectivity index (χ1n) is 37.0. The summed E-state index contributed by atoms with van der Waals surface area (Å²) in [7, 11) is 0. The molecule has 612 valence electrons. The largest absolute Gasteiger partial charge is 0.498 e. The van der Waals surface area contributed by atoms with Crippen molar-refractivity contribution >= 4 is 59.8 Å². The molecule has 26 nitrogen and oxygen atoms in total. The fraction of sp³-hybridized carbons (Fsp3) is 0.630. The molecular weight excluding hydrogens is 1390 g/mol. The Morgan fingerprint density at radius 3 is 1.35 bits per heavy atom. The van der Waals surface area contributed by atoms with Gasteiger partial charge in [0.15, 0.2) is 0 Å². The first kappa shape index (κ1) is 107. The van der Waals surface area contributed by atoms with Crippen molar-refractivity contribution in [1.82, 2.24) is 5.32 Å². The third-order valence-corrected chi connectivity index (χ3v) is 16.3. The van der Waals surface area contributed by atoms with Crippen LogP contribution >= 0.6 is 0 Å². The molecule has 11 unspecified atom stereocenters. The monoisotopic (exact) mass is 1520 g/mol. The van der Waals surface area contributed by atoms with E-state index in [1.165, 1.54) is 17.4 Å². The Morgan fingerprint density at radius 1 is 0.514 bits per heavy atom. The second-order valence-corrected chi connectivity index (χ2v) is 25.2. The van der Waals surface area contributed by atoms with Gasteiger partial charge in [0.05, 0.1) is 93.3 Å². The molecule has 1 amide bonds. The van der Waals surface area contributed by atoms with Gasteiger partial charge in [0.1, 0.15) is 39.1 Å². The van der Waals surface area contributed by atoms with Crippen LogP contribution < -0.4 is 5.32 Å². The zero-order valence-corrected chi connectivity index (χ0v) is 67.2. The van der Waals surface area contributed by atoms with Gasteiger partial charge in [-0.05, 0) is 145 Å². The number of esters is 5. The minimum absolute atomic E-state index is 0.0698. The van der Waals surface area contributed by atoms with E-state index in [1.807, 2.05) is 93.5 Å². The van der Waals surface area contributed by atoms with Crippen LogP contribution in [0.1, 0.15) is 240 Å². The van der Waals surface area contributed by atoms with Gasteiger partial charge in [0, 0.05) is 24.3 Å². The van der Waals surface area contributed by atoms with Crippen LogP contribution in [0, 0.1) is 23.7 Å². The van der Waals surface area contributed by atoms with E-state index in [0.717, 1.165) is 75.5 Å². The minimum Gasteiger partial charge on any atom is -0.498 e. The molecule has 1 aliphatic carbocycles. The number of aliphatic hydroxyl groups excluding tert-OH is 1. The smallest absolute Gasteiger partial charge is 0.407 e. The van der Waals surface area contributed by atoms with E-state index >= 15 is 0 Å². The van der Waals surface area contributed by atoms with Crippen molar-refractivity contribution in [1.29, 1.82) is 0 Å². The average molecular weight is 1520 g/mol. The summed E-state index contributed by atoms with van der Waals surface area (Å²) in [5, 5.41) is 45.2. The molecule has 1 aliphatic rings. The van der Waals surface area contributed by atoms with E-state index in [4.69, 9.17) is 67.8 Å². The van der Waals surface area contributed by atoms with Crippen molar-refractivity contribution in [2.45, 2.75) is 250 Å². The summed E-state index contributed by atoms with van der Waals surface area (Å²) in [6.07, 6.45) is 11.4. The van der Waals surface area contributed by atoms with Crippen molar-refractivity contribution in [3.05, 3.63) is 121 Å². The second kappa shape index (κ2) is 69.3. The first-order chi connectivity index (χ1) is 50.5. The fourth-order valence-corrected chi connectivity index (χ4v) is 7.37. The number of carboxylic acids is 4. The normalized spacial score (nSPS) is 15.1. The topological polar surface area (TPSA) is 376 Å². The van der Waals surface area contributed by atoms with Crippen molar-refractivity contribution in [3.63, 3.8) is 0 Å². The lowest BCUT2D eigenvalue weighted by atomic mass is 9.85. The van der Waals surface area contributed by atoms with Crippen LogP contribution in [0.15, 0.2) is 98.8 Å². The van der Waals surface area contributed by atoms with Gasteiger partial charge in [0.25, 0.3) is 0 Å². The number of amides is 1. The average Bonchev–Trinajstić information content (AvgIpc) is 0.873. The number of nitrogens with one attached hydrogen (secondary N) is 1. The SMILES string of the molecule is C=C(C)C(=O)OCc1ccc(C(C)CC)cc1.C=CC(=O)OCC1CCC(OC(=O)C(C)CC)C(O)C1.C=CC(=O)OCCOC(C)CC.C=COCCOC(=O)c1ccc(C(C)CC)cc1.CCC(C)C(=O)O.CCC(C)C(=O)O.CCC(C)OCCC(=O)O.CCC(C)OCCOC(=O)NCCC(=O)O. The number of carbonyl (C=O) groups is 10. The van der Waals surface area contributed by atoms with Gasteiger partial charge in [-0.2, -0.15) is 0 Å². The number of carboxylic acid groups (broad SMARTS) is 4. The second-order valence-electron chi connectivity index (χ2n) is 25.2. The van der Waals surface area contributed by atoms with Gasteiger partial charge >= 0.3 is 59.8 Å². The van der Waals surface area contributed by atoms with Crippen LogP contribution in [0.5, 0.6) is 0 Å². The molecule has 2 aromatic rings. The minimum atomic E-state index is -0.958. The third kappa shape index (κ3) is 63.4. The quantitative estimate of drug-likeness (QED) is 0.0118. The number of carbonyl (C=O) groups excluding carboxylic acids is 6. The standard InChI is InChI=1S/C15H24O5.C15H20O3.C15H20O2.C10H19NO5.C9H16O3.C7H14O3.2C5H10O2/c1-4-10(3)15(18)20-13-7-6-11(8-12(13)16)9-19-14(17)5-2;1-4-12(3)13-6-8-14(9-7-13)15(16)18-11-10-17-5-2;1-5-12(4)14-8-6-13(7-9-14)10-17-15(16)11(2)3;1-3-8(2)15-6-7-16-10(14)11-5-4-9(12)13;1-4-8(3)11-6-7-12-9(10)5-2;1-3-6(2)10-5-4-7(8)9;2*1-3-4(2)5(6)7/h5,10-13,16H,2,4,6-9H2,1,3H3;5-9,12H,2,4,10-11H2,1,3H3;6-9,12H,2,5,10H2,1,3-4H3;8H,3-7H2,1-2H3,(H,11,14)(H,12,13);5,8H,2,4,6-7H2,1,3H3;6H,3-5H2,1-2H3,(H,8,9);2*4H,3H2,1-2H3,(H,6,7). The number of alkyl carbamates (subject to hydrolysis) is 1. The number of hydrogen-bond acceptors (Lipinski definition) is 21. The molecule has 0 radical (unpaired) electrons. The Bertz CT molecular complexity index is 2750. The predicted octanol–water partition coefficient (Wildman–Crippen LogP) is 15.2. The zero-order chi connectivity index (χ0) is 82.8. The van der Waals surface area contributed by atoms with Gasteiger partial charge in [-0.1, -0.05) is 153 Å². The molecule has 107 heavy (non-hydrogen) atoms. The van der Waals surface area contributed by atoms with E-state index in [1.54, 1.807) is 32.9 Å². The number of rotatable bonds is 41. The molecule has 0 bridgehead atoms. The molecule has 0 heterocycles. The van der Waals surface area contributed by atoms with Crippen molar-refractivity contribution in [2.75, 3.05) is 59.4 Å². The van der Waals surface area contributed by atoms with Gasteiger partial charge in [-0.15, -0.1) is 0 Å². The summed E-state index contributed by atoms with van der Waals surface area (Å²) >= 11 is 0. The van der Waals surface area contributed by atoms with Crippen molar-refractivity contribution in [2.24, 2.45) is 23.7 Å². The molecule has 0 spiro atoms. The molecule has 11 atom stereocenters. The lowest BCUT2D eigenvalue weighted by Crippen LogP contribution is -2.39. The third-order valence-electron chi connectivity index (χ3n) is 16.3. The molecule has 26 heteroatoms. The number of benzene rings is 2. The molecule has 1 saturated carbocycles. The molecule has 0 aromatic heterocycles. The van der Waals surface area contributed by atoms with E-state index in [-0.39, 0.29) is 99.1 Å². The number of hydrogen-bond donors (Lipinski definition) is 6. The van der Waals surface area contributed by atoms with E-state index in [9.17, 15) is 53.1 Å². The highest BCUT2D eigenvalue weighted by Crippen LogP contribution is 2.28. The Kier molecular flexibility index (Phi) is 69.4. The Morgan fingerprint density at radius 2 is 0.953 bits per heavy atom. The van der Waals surface area contributed by atoms with Gasteiger partial charge in [-0.25, -0.2) is 24.0 Å². The van der Waals surface area contributed by atoms with Gasteiger partial charge in [-0.3, -0.25) is 24.0 Å². The lowest BCUT2D eigenvalue weighted by molar-refractivity contribution is -0.164. The Balaban J connectivity index is -0.000000379. The summed E-state index contributed by atoms with van der Waals surface area (Å²) in [6.45, 7) is 49.5. The maximum Gasteiger partial charge on any atom is 0.407 e. The maximum absolute atomic E-state index is 11.7. The Labute approximate surface area is 637 Å². The van der Waals surface area contributed by atoms with Gasteiger partial charge in [0.2, 0.25) is 0 Å². The number of aliphatic hydroxyl groups is 1. The zero-order valence-electron chi connectivity index (χ0n) is 67.2. The highest BCUT2D eigenvalue weighted by Gasteiger charge is 2.33. The molecule has 1 fully saturated rings. The molecule has 2 aromatic carbocycles. The summed E-state index contributed by atoms with van der Waals surface area (Å²) in [5.41, 5.74) is 4.57. The maximum atomic E-state index is 11.7. The summed E-state index contributed by atoms with van der Waals surface area (Å²) in [6, 6.07) is 15.8. The number of aliphatic carboxylic acids is 4. The highest BCUT2D eigenvalue weighted by atomic mass is 16.6. The highest BCUT2D eigenvalue weighted by molar-refractivity contribution is 5.89. The number of ether oxygens (including phenoxy) is 10. The molecule has 6 N–H and O–H groups in total. The predicted molar refractivity (Wildman–Crippen MR) is 411 cm³/mol. The van der Waals surface area contributed by atoms with Crippen LogP contribution in [-0.2, 0) is 92.3 Å². The van der Waals surface area contributed by atoms with Crippen LogP contribution in [0.4, 0.5) is 4.79 Å². The van der Waals surface area contributed by atoms with Crippen molar-refractivity contribution in [3.8, 4) is 0 Å². The van der Waals surface area contributed by atoms with E-state index < -0.39 is 54.1 Å². The molecule has 0 saturated heterocycles. The lowest BCUT2D eigenvalue weighted by Gasteiger charge is -2.32. The summed E-state index contributed by atoms with van der Waals surface area (Å²) < 4.78 is 50.4. The van der Waals surface area contributed by atoms with E-state index in [2.05, 4.69) is 71.5 Å². The van der Waals surface area contributed by atoms with Crippen LogP contribution in [-0.4, -0.2) is 175 Å². The Hall–Kier alpha value is -8.46. The molecule has 0 aliphatic heterocycles. The van der Waals surface area contributed by atoms with E-state index in [0.29, 0.717) is 75.5 Å².